The van der Waals surface area contributed by atoms with Gasteiger partial charge in [-0.25, -0.2) is 0 Å². The van der Waals surface area contributed by atoms with Crippen LogP contribution in [0, 0.1) is 0 Å². The van der Waals surface area contributed by atoms with Gasteiger partial charge in [0.25, 0.3) is 0 Å². The fourth-order valence-electron chi connectivity index (χ4n) is 3.23. The zero-order valence-corrected chi connectivity index (χ0v) is 11.5. The highest BCUT2D eigenvalue weighted by Crippen LogP contribution is 2.32. The second kappa shape index (κ2) is 5.02. The molecule has 1 aromatic carbocycles. The van der Waals surface area contributed by atoms with Gasteiger partial charge in [-0.15, -0.1) is 0 Å². The number of carbonyl (C=O) groups is 1. The number of nitrogens with zero attached hydrogens (tertiary/aromatic N) is 1. The molecule has 2 heterocycles. The zero-order valence-electron chi connectivity index (χ0n) is 11.5. The molecule has 2 saturated heterocycles. The summed E-state index contributed by atoms with van der Waals surface area (Å²) in [6.45, 7) is 2.26. The number of likely N-dealkylation sites (tertiary alicyclic amines) is 1. The zero-order chi connectivity index (χ0) is 15.1. The molecule has 0 aliphatic carbocycles. The van der Waals surface area contributed by atoms with Crippen LogP contribution in [0.4, 0.5) is 13.2 Å². The van der Waals surface area contributed by atoms with Crippen molar-refractivity contribution in [1.29, 1.82) is 0 Å². The van der Waals surface area contributed by atoms with Gasteiger partial charge < -0.3 is 5.32 Å². The van der Waals surface area contributed by atoms with Gasteiger partial charge in [-0.05, 0) is 30.5 Å². The van der Waals surface area contributed by atoms with Crippen LogP contribution in [-0.4, -0.2) is 29.4 Å². The van der Waals surface area contributed by atoms with Crippen molar-refractivity contribution in [3.05, 3.63) is 35.4 Å². The van der Waals surface area contributed by atoms with Crippen LogP contribution in [0.2, 0.25) is 0 Å². The third-order valence-electron chi connectivity index (χ3n) is 4.36. The molecule has 1 unspecified atom stereocenters. The van der Waals surface area contributed by atoms with Gasteiger partial charge in [0.2, 0.25) is 5.91 Å². The van der Waals surface area contributed by atoms with E-state index in [1.54, 1.807) is 0 Å². The lowest BCUT2D eigenvalue weighted by molar-refractivity contribution is -0.137. The topological polar surface area (TPSA) is 32.3 Å². The minimum absolute atomic E-state index is 0.103. The number of rotatable bonds is 2. The SMILES string of the molecule is O=C1CCC2(CCN(Cc3ccc(C(F)(F)F)cc3)C2)N1. The first-order valence-corrected chi connectivity index (χ1v) is 7.06. The summed E-state index contributed by atoms with van der Waals surface area (Å²) in [5.74, 6) is 0.103. The number of hydrogen-bond donors (Lipinski definition) is 1. The van der Waals surface area contributed by atoms with Crippen molar-refractivity contribution < 1.29 is 18.0 Å². The van der Waals surface area contributed by atoms with Crippen LogP contribution in [0.15, 0.2) is 24.3 Å². The number of halogens is 3. The maximum Gasteiger partial charge on any atom is 0.416 e. The normalized spacial score (nSPS) is 26.5. The highest BCUT2D eigenvalue weighted by Gasteiger charge is 2.43. The number of hydrogen-bond acceptors (Lipinski definition) is 2. The summed E-state index contributed by atoms with van der Waals surface area (Å²) in [6.07, 6.45) is -1.94. The lowest BCUT2D eigenvalue weighted by atomic mass is 9.97. The summed E-state index contributed by atoms with van der Waals surface area (Å²) >= 11 is 0. The van der Waals surface area contributed by atoms with E-state index >= 15 is 0 Å². The number of benzene rings is 1. The highest BCUT2D eigenvalue weighted by molar-refractivity contribution is 5.79. The molecule has 2 fully saturated rings. The monoisotopic (exact) mass is 298 g/mol. The highest BCUT2D eigenvalue weighted by atomic mass is 19.4. The van der Waals surface area contributed by atoms with Crippen LogP contribution in [0.1, 0.15) is 30.4 Å². The smallest absolute Gasteiger partial charge is 0.349 e. The Labute approximate surface area is 121 Å². The van der Waals surface area contributed by atoms with Gasteiger partial charge in [0.05, 0.1) is 11.1 Å². The van der Waals surface area contributed by atoms with Gasteiger partial charge in [0.1, 0.15) is 0 Å². The molecule has 0 aromatic heterocycles. The second-order valence-corrected chi connectivity index (χ2v) is 5.98. The van der Waals surface area contributed by atoms with Crippen molar-refractivity contribution in [2.45, 2.75) is 37.5 Å². The molecule has 1 N–H and O–H groups in total. The number of alkyl halides is 3. The van der Waals surface area contributed by atoms with Gasteiger partial charge in [-0.1, -0.05) is 12.1 Å². The molecule has 3 nitrogen and oxygen atoms in total. The van der Waals surface area contributed by atoms with Crippen molar-refractivity contribution in [2.75, 3.05) is 13.1 Å². The number of amides is 1. The molecule has 1 amide bonds. The molecule has 114 valence electrons. The van der Waals surface area contributed by atoms with E-state index in [0.29, 0.717) is 13.0 Å². The fourth-order valence-corrected chi connectivity index (χ4v) is 3.23. The Kier molecular flexibility index (Phi) is 3.43. The standard InChI is InChI=1S/C15H17F3N2O/c16-15(17,18)12-3-1-11(2-4-12)9-20-8-7-14(10-20)6-5-13(21)19-14/h1-4H,5-10H2,(H,19,21). The van der Waals surface area contributed by atoms with E-state index in [1.165, 1.54) is 12.1 Å². The third kappa shape index (κ3) is 3.05. The minimum atomic E-state index is -4.29. The largest absolute Gasteiger partial charge is 0.416 e. The average Bonchev–Trinajstić information content (AvgIpc) is 2.96. The molecule has 2 aliphatic heterocycles. The van der Waals surface area contributed by atoms with Crippen molar-refractivity contribution in [1.82, 2.24) is 10.2 Å². The first-order chi connectivity index (χ1) is 9.86. The van der Waals surface area contributed by atoms with Crippen LogP contribution < -0.4 is 5.32 Å². The predicted molar refractivity (Wildman–Crippen MR) is 71.4 cm³/mol. The van der Waals surface area contributed by atoms with E-state index < -0.39 is 11.7 Å². The van der Waals surface area contributed by atoms with E-state index in [-0.39, 0.29) is 11.4 Å². The summed E-state index contributed by atoms with van der Waals surface area (Å²) < 4.78 is 37.5. The van der Waals surface area contributed by atoms with Crippen molar-refractivity contribution >= 4 is 5.91 Å². The summed E-state index contributed by atoms with van der Waals surface area (Å²) in [4.78, 5) is 13.6. The van der Waals surface area contributed by atoms with Crippen LogP contribution in [0.5, 0.6) is 0 Å². The average molecular weight is 298 g/mol. The van der Waals surface area contributed by atoms with Crippen molar-refractivity contribution in [3.63, 3.8) is 0 Å². The Bertz CT molecular complexity index is 541. The quantitative estimate of drug-likeness (QED) is 0.910. The van der Waals surface area contributed by atoms with Crippen LogP contribution in [0.25, 0.3) is 0 Å². The van der Waals surface area contributed by atoms with E-state index in [9.17, 15) is 18.0 Å². The Morgan fingerprint density at radius 2 is 1.90 bits per heavy atom. The number of carbonyl (C=O) groups excluding carboxylic acids is 1. The molecule has 1 spiro atoms. The Morgan fingerprint density at radius 3 is 2.48 bits per heavy atom. The van der Waals surface area contributed by atoms with Crippen molar-refractivity contribution in [2.24, 2.45) is 0 Å². The first kappa shape index (κ1) is 14.4. The van der Waals surface area contributed by atoms with Gasteiger partial charge in [0.15, 0.2) is 0 Å². The number of nitrogens with one attached hydrogen (secondary N) is 1. The van der Waals surface area contributed by atoms with Gasteiger partial charge >= 0.3 is 6.18 Å². The van der Waals surface area contributed by atoms with E-state index in [2.05, 4.69) is 10.2 Å². The van der Waals surface area contributed by atoms with E-state index in [1.807, 2.05) is 0 Å². The molecule has 6 heteroatoms. The van der Waals surface area contributed by atoms with Gasteiger partial charge in [-0.2, -0.15) is 13.2 Å². The lowest BCUT2D eigenvalue weighted by Crippen LogP contribution is -2.43. The lowest BCUT2D eigenvalue weighted by Gasteiger charge is -2.24. The molecular formula is C15H17F3N2O. The molecule has 0 radical (unpaired) electrons. The molecule has 3 rings (SSSR count). The van der Waals surface area contributed by atoms with E-state index in [0.717, 1.165) is 43.6 Å². The fraction of sp³-hybridized carbons (Fsp3) is 0.533. The Morgan fingerprint density at radius 1 is 1.19 bits per heavy atom. The minimum Gasteiger partial charge on any atom is -0.349 e. The summed E-state index contributed by atoms with van der Waals surface area (Å²) in [5.41, 5.74) is 0.139. The van der Waals surface area contributed by atoms with Gasteiger partial charge in [-0.3, -0.25) is 9.69 Å². The molecule has 1 atom stereocenters. The second-order valence-electron chi connectivity index (χ2n) is 5.98. The van der Waals surface area contributed by atoms with Crippen molar-refractivity contribution in [3.8, 4) is 0 Å². The maximum atomic E-state index is 12.5. The Hall–Kier alpha value is -1.56. The van der Waals surface area contributed by atoms with Crippen LogP contribution in [-0.2, 0) is 17.5 Å². The summed E-state index contributed by atoms with van der Waals surface area (Å²) in [6, 6.07) is 5.30. The molecule has 21 heavy (non-hydrogen) atoms. The summed E-state index contributed by atoms with van der Waals surface area (Å²) in [7, 11) is 0. The third-order valence-corrected chi connectivity index (χ3v) is 4.36. The molecular weight excluding hydrogens is 281 g/mol. The molecule has 1 aromatic rings. The first-order valence-electron chi connectivity index (χ1n) is 7.06. The van der Waals surface area contributed by atoms with Crippen LogP contribution in [0.3, 0.4) is 0 Å². The van der Waals surface area contributed by atoms with Gasteiger partial charge in [0, 0.05) is 26.1 Å². The Balaban J connectivity index is 1.62. The maximum absolute atomic E-state index is 12.5. The molecule has 2 aliphatic rings. The predicted octanol–water partition coefficient (Wildman–Crippen LogP) is 2.56. The van der Waals surface area contributed by atoms with Crippen LogP contribution >= 0.6 is 0 Å². The summed E-state index contributed by atoms with van der Waals surface area (Å²) in [5, 5.41) is 3.04. The molecule has 0 bridgehead atoms. The molecule has 0 saturated carbocycles. The van der Waals surface area contributed by atoms with E-state index in [4.69, 9.17) is 0 Å².